The molecule has 1 aliphatic heterocycles. The number of pyridine rings is 1. The number of aromatic nitrogens is 1. The molecule has 0 spiro atoms. The Labute approximate surface area is 170 Å². The minimum absolute atomic E-state index is 0.281. The molecule has 1 aromatic heterocycles. The largest absolute Gasteiger partial charge is 0.481 e. The number of fused-ring (bicyclic) bond motifs is 3. The number of benzene rings is 2. The van der Waals surface area contributed by atoms with Gasteiger partial charge in [0.25, 0.3) is 5.56 Å². The van der Waals surface area contributed by atoms with Gasteiger partial charge in [-0.25, -0.2) is 4.39 Å². The Morgan fingerprint density at radius 3 is 2.55 bits per heavy atom. The Hall–Kier alpha value is -2.96. The van der Waals surface area contributed by atoms with Crippen molar-refractivity contribution in [1.29, 1.82) is 0 Å². The average molecular weight is 414 g/mol. The molecular weight excluding hydrogens is 397 g/mol. The van der Waals surface area contributed by atoms with Crippen molar-refractivity contribution in [1.82, 2.24) is 4.57 Å². The summed E-state index contributed by atoms with van der Waals surface area (Å²) < 4.78 is 21.8. The average Bonchev–Trinajstić information content (AvgIpc) is 2.78. The van der Waals surface area contributed by atoms with Crippen LogP contribution in [0, 0.1) is 5.82 Å². The number of nitrogens with zero attached hydrogens (tertiary/aromatic N) is 1. The summed E-state index contributed by atoms with van der Waals surface area (Å²) in [6.07, 6.45) is -0.305. The van der Waals surface area contributed by atoms with Crippen molar-refractivity contribution >= 4 is 17.6 Å². The highest BCUT2D eigenvalue weighted by molar-refractivity contribution is 6.30. The Bertz CT molecular complexity index is 1160. The Balaban J connectivity index is 2.00. The number of hydrogen-bond donors (Lipinski definition) is 1. The highest BCUT2D eigenvalue weighted by atomic mass is 35.5. The maximum atomic E-state index is 14.2. The van der Waals surface area contributed by atoms with Crippen molar-refractivity contribution < 1.29 is 19.0 Å². The van der Waals surface area contributed by atoms with Gasteiger partial charge in [0.1, 0.15) is 11.9 Å². The van der Waals surface area contributed by atoms with Crippen molar-refractivity contribution in [3.63, 3.8) is 0 Å². The van der Waals surface area contributed by atoms with Crippen molar-refractivity contribution in [2.45, 2.75) is 18.6 Å². The van der Waals surface area contributed by atoms with Gasteiger partial charge in [-0.3, -0.25) is 9.59 Å². The van der Waals surface area contributed by atoms with E-state index in [0.717, 1.165) is 0 Å². The van der Waals surface area contributed by atoms with Crippen molar-refractivity contribution in [2.24, 2.45) is 7.05 Å². The Kier molecular flexibility index (Phi) is 4.98. The summed E-state index contributed by atoms with van der Waals surface area (Å²) in [5, 5.41) is 9.96. The first-order chi connectivity index (χ1) is 13.8. The quantitative estimate of drug-likeness (QED) is 0.687. The fraction of sp³-hybridized carbons (Fsp3) is 0.182. The third-order valence-electron chi connectivity index (χ3n) is 5.03. The number of aliphatic carboxylic acids is 1. The number of rotatable bonds is 3. The fourth-order valence-corrected chi connectivity index (χ4v) is 3.78. The predicted octanol–water partition coefficient (Wildman–Crippen LogP) is 4.48. The van der Waals surface area contributed by atoms with Crippen LogP contribution in [0.5, 0.6) is 0 Å². The smallest absolute Gasteiger partial charge is 0.306 e. The maximum Gasteiger partial charge on any atom is 0.306 e. The molecule has 2 aromatic carbocycles. The van der Waals surface area contributed by atoms with Crippen LogP contribution >= 0.6 is 11.6 Å². The number of hydrogen-bond acceptors (Lipinski definition) is 3. The van der Waals surface area contributed by atoms with Gasteiger partial charge in [0.2, 0.25) is 0 Å². The van der Waals surface area contributed by atoms with Crippen LogP contribution in [0.2, 0.25) is 5.02 Å². The highest BCUT2D eigenvalue weighted by Crippen LogP contribution is 2.45. The minimum Gasteiger partial charge on any atom is -0.481 e. The van der Waals surface area contributed by atoms with Crippen molar-refractivity contribution in [3.05, 3.63) is 92.6 Å². The van der Waals surface area contributed by atoms with E-state index in [2.05, 4.69) is 0 Å². The van der Waals surface area contributed by atoms with Crippen LogP contribution in [0.1, 0.15) is 35.3 Å². The summed E-state index contributed by atoms with van der Waals surface area (Å²) in [5.41, 5.74) is 2.78. The van der Waals surface area contributed by atoms with E-state index >= 15 is 0 Å². The van der Waals surface area contributed by atoms with E-state index in [-0.39, 0.29) is 12.0 Å². The van der Waals surface area contributed by atoms with Crippen molar-refractivity contribution in [3.8, 4) is 11.1 Å². The molecule has 1 N–H and O–H groups in total. The Morgan fingerprint density at radius 2 is 1.86 bits per heavy atom. The van der Waals surface area contributed by atoms with Crippen LogP contribution in [0.4, 0.5) is 4.39 Å². The molecule has 4 rings (SSSR count). The molecule has 0 fully saturated rings. The van der Waals surface area contributed by atoms with Crippen LogP contribution in [0.3, 0.4) is 0 Å². The predicted molar refractivity (Wildman–Crippen MR) is 106 cm³/mol. The number of halogens is 2. The first-order valence-electron chi connectivity index (χ1n) is 8.96. The number of carbonyl (C=O) groups is 1. The molecule has 1 aliphatic rings. The Morgan fingerprint density at radius 1 is 1.14 bits per heavy atom. The standard InChI is InChI=1S/C22H17ClFNO4/c1-25-11-18-15-7-6-14(24)8-17(15)22(12-2-4-13(23)5-3-12)29-19(10-21(27)28)16(18)9-20(25)26/h2-9,11,19,22H,10H2,1H3,(H,27,28). The molecule has 3 aromatic rings. The van der Waals surface area contributed by atoms with Crippen LogP contribution < -0.4 is 5.56 Å². The first kappa shape index (κ1) is 19.4. The van der Waals surface area contributed by atoms with E-state index in [1.165, 1.54) is 22.8 Å². The molecule has 0 radical (unpaired) electrons. The lowest BCUT2D eigenvalue weighted by Crippen LogP contribution is -2.19. The number of aryl methyl sites for hydroxylation is 1. The molecule has 0 bridgehead atoms. The van der Waals surface area contributed by atoms with Gasteiger partial charge in [-0.05, 0) is 46.5 Å². The second-order valence-corrected chi connectivity index (χ2v) is 7.41. The molecule has 0 aliphatic carbocycles. The first-order valence-corrected chi connectivity index (χ1v) is 9.34. The lowest BCUT2D eigenvalue weighted by molar-refractivity contribution is -0.141. The van der Waals surface area contributed by atoms with Crippen LogP contribution in [0.15, 0.2) is 59.5 Å². The van der Waals surface area contributed by atoms with E-state index in [9.17, 15) is 19.1 Å². The molecule has 2 atom stereocenters. The monoisotopic (exact) mass is 413 g/mol. The van der Waals surface area contributed by atoms with Crippen LogP contribution in [-0.2, 0) is 16.6 Å². The zero-order chi connectivity index (χ0) is 20.7. The van der Waals surface area contributed by atoms with E-state index in [1.807, 2.05) is 0 Å². The lowest BCUT2D eigenvalue weighted by atomic mass is 9.91. The zero-order valence-electron chi connectivity index (χ0n) is 15.4. The van der Waals surface area contributed by atoms with Gasteiger partial charge in [-0.2, -0.15) is 0 Å². The minimum atomic E-state index is -1.06. The van der Waals surface area contributed by atoms with Gasteiger partial charge < -0.3 is 14.4 Å². The second kappa shape index (κ2) is 7.46. The summed E-state index contributed by atoms with van der Waals surface area (Å²) >= 11 is 6.00. The lowest BCUT2D eigenvalue weighted by Gasteiger charge is -2.23. The normalized spacial score (nSPS) is 17.9. The molecule has 0 saturated carbocycles. The number of ether oxygens (including phenoxy) is 1. The molecule has 7 heteroatoms. The van der Waals surface area contributed by atoms with Gasteiger partial charge in [-0.1, -0.05) is 29.8 Å². The number of carboxylic acids is 1. The van der Waals surface area contributed by atoms with Gasteiger partial charge in [0, 0.05) is 29.9 Å². The van der Waals surface area contributed by atoms with Gasteiger partial charge in [0.15, 0.2) is 0 Å². The summed E-state index contributed by atoms with van der Waals surface area (Å²) in [7, 11) is 1.61. The molecule has 5 nitrogen and oxygen atoms in total. The zero-order valence-corrected chi connectivity index (χ0v) is 16.2. The van der Waals surface area contributed by atoms with Crippen LogP contribution in [-0.4, -0.2) is 15.6 Å². The van der Waals surface area contributed by atoms with E-state index in [4.69, 9.17) is 16.3 Å². The second-order valence-electron chi connectivity index (χ2n) is 6.98. The van der Waals surface area contributed by atoms with Gasteiger partial charge in [0.05, 0.1) is 12.5 Å². The molecule has 148 valence electrons. The van der Waals surface area contributed by atoms with Crippen molar-refractivity contribution in [2.75, 3.05) is 0 Å². The van der Waals surface area contributed by atoms with Crippen LogP contribution in [0.25, 0.3) is 11.1 Å². The molecule has 29 heavy (non-hydrogen) atoms. The summed E-state index contributed by atoms with van der Waals surface area (Å²) in [5.74, 6) is -1.50. The molecule has 0 saturated heterocycles. The molecule has 2 unspecified atom stereocenters. The van der Waals surface area contributed by atoms with E-state index in [1.54, 1.807) is 43.6 Å². The highest BCUT2D eigenvalue weighted by Gasteiger charge is 2.32. The van der Waals surface area contributed by atoms with E-state index < -0.39 is 24.0 Å². The molecule has 2 heterocycles. The fourth-order valence-electron chi connectivity index (χ4n) is 3.65. The maximum absolute atomic E-state index is 14.2. The van der Waals surface area contributed by atoms with E-state index in [0.29, 0.717) is 32.8 Å². The molecular formula is C22H17ClFNO4. The SMILES string of the molecule is Cn1cc2c(cc1=O)C(CC(=O)O)OC(c1ccc(Cl)cc1)c1cc(F)ccc1-2. The summed E-state index contributed by atoms with van der Waals surface area (Å²) in [4.78, 5) is 23.8. The molecule has 0 amide bonds. The topological polar surface area (TPSA) is 68.5 Å². The third-order valence-corrected chi connectivity index (χ3v) is 5.28. The summed E-state index contributed by atoms with van der Waals surface area (Å²) in [6, 6.07) is 12.6. The number of carboxylic acid groups (broad SMARTS) is 1. The third kappa shape index (κ3) is 3.69. The summed E-state index contributed by atoms with van der Waals surface area (Å²) in [6.45, 7) is 0. The van der Waals surface area contributed by atoms with Gasteiger partial charge >= 0.3 is 5.97 Å². The van der Waals surface area contributed by atoms with Gasteiger partial charge in [-0.15, -0.1) is 0 Å².